The molecule has 0 radical (unpaired) electrons. The van der Waals surface area contributed by atoms with E-state index in [0.29, 0.717) is 22.9 Å². The summed E-state index contributed by atoms with van der Waals surface area (Å²) >= 11 is 6.04. The van der Waals surface area contributed by atoms with Crippen molar-refractivity contribution in [1.82, 2.24) is 0 Å². The number of anilines is 2. The Balaban J connectivity index is 1.89. The predicted molar refractivity (Wildman–Crippen MR) is 66.0 cm³/mol. The first-order valence-corrected chi connectivity index (χ1v) is 6.06. The zero-order valence-corrected chi connectivity index (χ0v) is 9.78. The molecule has 2 saturated heterocycles. The van der Waals surface area contributed by atoms with Gasteiger partial charge in [-0.05, 0) is 25.0 Å². The van der Waals surface area contributed by atoms with Gasteiger partial charge in [0.05, 0.1) is 28.6 Å². The van der Waals surface area contributed by atoms with Crippen LogP contribution in [0, 0.1) is 0 Å². The van der Waals surface area contributed by atoms with Gasteiger partial charge in [0, 0.05) is 13.1 Å². The average Bonchev–Trinajstić information content (AvgIpc) is 2.62. The van der Waals surface area contributed by atoms with Crippen LogP contribution < -0.4 is 10.6 Å². The van der Waals surface area contributed by atoms with E-state index in [2.05, 4.69) is 4.90 Å². The number of rotatable bonds is 1. The lowest BCUT2D eigenvalue weighted by molar-refractivity contribution is 0.0305. The molecule has 2 aliphatic heterocycles. The quantitative estimate of drug-likeness (QED) is 0.763. The summed E-state index contributed by atoms with van der Waals surface area (Å²) in [5.74, 6) is 0. The second-order valence-electron chi connectivity index (χ2n) is 4.54. The Morgan fingerprint density at radius 1 is 1.25 bits per heavy atom. The molecule has 2 heterocycles. The molecular formula is C12H15ClN2O. The summed E-state index contributed by atoms with van der Waals surface area (Å²) in [6.07, 6.45) is 3.08. The molecular weight excluding hydrogens is 224 g/mol. The van der Waals surface area contributed by atoms with Crippen molar-refractivity contribution >= 4 is 23.0 Å². The lowest BCUT2D eigenvalue weighted by Crippen LogP contribution is -2.42. The maximum Gasteiger partial charge on any atom is 0.0755 e. The van der Waals surface area contributed by atoms with Gasteiger partial charge in [0.2, 0.25) is 0 Å². The first-order valence-electron chi connectivity index (χ1n) is 5.68. The van der Waals surface area contributed by atoms with Gasteiger partial charge in [-0.3, -0.25) is 0 Å². The van der Waals surface area contributed by atoms with Crippen LogP contribution in [0.2, 0.25) is 5.02 Å². The SMILES string of the molecule is Nc1c(Cl)cccc1N1CC2CCC(C1)O2. The van der Waals surface area contributed by atoms with Gasteiger partial charge in [-0.25, -0.2) is 0 Å². The molecule has 2 unspecified atom stereocenters. The van der Waals surface area contributed by atoms with Crippen molar-refractivity contribution in [2.75, 3.05) is 23.7 Å². The van der Waals surface area contributed by atoms with Crippen LogP contribution in [-0.2, 0) is 4.74 Å². The molecule has 3 rings (SSSR count). The fraction of sp³-hybridized carbons (Fsp3) is 0.500. The minimum absolute atomic E-state index is 0.372. The van der Waals surface area contributed by atoms with Gasteiger partial charge in [0.25, 0.3) is 0 Å². The van der Waals surface area contributed by atoms with Crippen molar-refractivity contribution in [2.45, 2.75) is 25.0 Å². The van der Waals surface area contributed by atoms with Crippen LogP contribution in [0.25, 0.3) is 0 Å². The first-order chi connectivity index (χ1) is 7.74. The standard InChI is InChI=1S/C12H15ClN2O/c13-10-2-1-3-11(12(10)14)15-6-8-4-5-9(7-15)16-8/h1-3,8-9H,4-7,14H2. The molecule has 0 spiro atoms. The Bertz CT molecular complexity index is 398. The highest BCUT2D eigenvalue weighted by Gasteiger charge is 2.34. The topological polar surface area (TPSA) is 38.5 Å². The number of benzene rings is 1. The van der Waals surface area contributed by atoms with E-state index in [9.17, 15) is 0 Å². The van der Waals surface area contributed by atoms with Crippen molar-refractivity contribution in [3.05, 3.63) is 23.2 Å². The molecule has 3 nitrogen and oxygen atoms in total. The molecule has 0 saturated carbocycles. The molecule has 2 N–H and O–H groups in total. The predicted octanol–water partition coefficient (Wildman–Crippen LogP) is 2.29. The van der Waals surface area contributed by atoms with E-state index in [1.807, 2.05) is 18.2 Å². The Morgan fingerprint density at radius 2 is 1.94 bits per heavy atom. The lowest BCUT2D eigenvalue weighted by atomic mass is 10.2. The lowest BCUT2D eigenvalue weighted by Gasteiger charge is -2.34. The smallest absolute Gasteiger partial charge is 0.0755 e. The highest BCUT2D eigenvalue weighted by molar-refractivity contribution is 6.33. The van der Waals surface area contributed by atoms with E-state index in [1.165, 1.54) is 12.8 Å². The van der Waals surface area contributed by atoms with Gasteiger partial charge in [0.1, 0.15) is 0 Å². The third-order valence-corrected chi connectivity index (χ3v) is 3.74. The minimum Gasteiger partial charge on any atom is -0.396 e. The molecule has 2 bridgehead atoms. The van der Waals surface area contributed by atoms with Crippen LogP contribution in [0.15, 0.2) is 18.2 Å². The molecule has 0 amide bonds. The van der Waals surface area contributed by atoms with E-state index in [-0.39, 0.29) is 0 Å². The Hall–Kier alpha value is -0.930. The van der Waals surface area contributed by atoms with Crippen molar-refractivity contribution in [3.8, 4) is 0 Å². The maximum absolute atomic E-state index is 6.04. The van der Waals surface area contributed by atoms with Gasteiger partial charge in [-0.15, -0.1) is 0 Å². The third kappa shape index (κ3) is 1.64. The van der Waals surface area contributed by atoms with E-state index < -0.39 is 0 Å². The third-order valence-electron chi connectivity index (χ3n) is 3.41. The van der Waals surface area contributed by atoms with Crippen LogP contribution in [0.1, 0.15) is 12.8 Å². The molecule has 0 aromatic heterocycles. The summed E-state index contributed by atoms with van der Waals surface area (Å²) in [6.45, 7) is 1.86. The largest absolute Gasteiger partial charge is 0.396 e. The number of halogens is 1. The Kier molecular flexibility index (Phi) is 2.45. The second-order valence-corrected chi connectivity index (χ2v) is 4.94. The first kappa shape index (κ1) is 10.2. The van der Waals surface area contributed by atoms with Crippen LogP contribution in [0.5, 0.6) is 0 Å². The molecule has 86 valence electrons. The van der Waals surface area contributed by atoms with Crippen molar-refractivity contribution < 1.29 is 4.74 Å². The number of morpholine rings is 1. The van der Waals surface area contributed by atoms with Gasteiger partial charge in [0.15, 0.2) is 0 Å². The van der Waals surface area contributed by atoms with Gasteiger partial charge in [-0.1, -0.05) is 17.7 Å². The van der Waals surface area contributed by atoms with Gasteiger partial charge in [-0.2, -0.15) is 0 Å². The summed E-state index contributed by atoms with van der Waals surface area (Å²) in [5.41, 5.74) is 7.74. The van der Waals surface area contributed by atoms with E-state index in [1.54, 1.807) is 0 Å². The van der Waals surface area contributed by atoms with Gasteiger partial charge < -0.3 is 15.4 Å². The normalized spacial score (nSPS) is 28.4. The average molecular weight is 239 g/mol. The van der Waals surface area contributed by atoms with Crippen LogP contribution in [-0.4, -0.2) is 25.3 Å². The monoisotopic (exact) mass is 238 g/mol. The Morgan fingerprint density at radius 3 is 2.62 bits per heavy atom. The summed E-state index contributed by atoms with van der Waals surface area (Å²) in [7, 11) is 0. The zero-order valence-electron chi connectivity index (χ0n) is 9.03. The highest BCUT2D eigenvalue weighted by Crippen LogP contribution is 2.35. The Labute approximate surface area is 100 Å². The highest BCUT2D eigenvalue weighted by atomic mass is 35.5. The fourth-order valence-corrected chi connectivity index (χ4v) is 2.78. The maximum atomic E-state index is 6.04. The number of hydrogen-bond donors (Lipinski definition) is 1. The van der Waals surface area contributed by atoms with Crippen molar-refractivity contribution in [3.63, 3.8) is 0 Å². The fourth-order valence-electron chi connectivity index (χ4n) is 2.61. The minimum atomic E-state index is 0.372. The van der Waals surface area contributed by atoms with E-state index in [4.69, 9.17) is 22.1 Å². The van der Waals surface area contributed by atoms with E-state index in [0.717, 1.165) is 18.8 Å². The number of fused-ring (bicyclic) bond motifs is 2. The number of ether oxygens (including phenoxy) is 1. The zero-order chi connectivity index (χ0) is 11.1. The molecule has 2 atom stereocenters. The van der Waals surface area contributed by atoms with Gasteiger partial charge >= 0.3 is 0 Å². The van der Waals surface area contributed by atoms with Crippen LogP contribution >= 0.6 is 11.6 Å². The summed E-state index contributed by atoms with van der Waals surface area (Å²) < 4.78 is 5.80. The summed E-state index contributed by atoms with van der Waals surface area (Å²) in [6, 6.07) is 5.81. The number of nitrogens with zero attached hydrogens (tertiary/aromatic N) is 1. The van der Waals surface area contributed by atoms with Crippen LogP contribution in [0.3, 0.4) is 0 Å². The molecule has 2 fully saturated rings. The molecule has 1 aromatic carbocycles. The van der Waals surface area contributed by atoms with Crippen molar-refractivity contribution in [2.24, 2.45) is 0 Å². The molecule has 1 aromatic rings. The molecule has 4 heteroatoms. The number of para-hydroxylation sites is 1. The number of nitrogen functional groups attached to an aromatic ring is 1. The molecule has 0 aliphatic carbocycles. The summed E-state index contributed by atoms with van der Waals surface area (Å²) in [5, 5.41) is 0.635. The second kappa shape index (κ2) is 3.82. The van der Waals surface area contributed by atoms with E-state index >= 15 is 0 Å². The van der Waals surface area contributed by atoms with Crippen LogP contribution in [0.4, 0.5) is 11.4 Å². The summed E-state index contributed by atoms with van der Waals surface area (Å²) in [4.78, 5) is 2.30. The molecule has 2 aliphatic rings. The van der Waals surface area contributed by atoms with Crippen molar-refractivity contribution in [1.29, 1.82) is 0 Å². The molecule has 16 heavy (non-hydrogen) atoms. The number of nitrogens with two attached hydrogens (primary N) is 1. The number of hydrogen-bond acceptors (Lipinski definition) is 3.